The van der Waals surface area contributed by atoms with Gasteiger partial charge in [-0.25, -0.2) is 59.8 Å². The maximum Gasteiger partial charge on any atom is 0.164 e. The molecule has 0 spiro atoms. The second-order valence-corrected chi connectivity index (χ2v) is 19.6. The zero-order valence-electron chi connectivity index (χ0n) is 42.7. The Morgan fingerprint density at radius 1 is 0.159 bits per heavy atom. The van der Waals surface area contributed by atoms with Crippen LogP contribution in [0.5, 0.6) is 0 Å². The SMILES string of the molecule is I.I.c1ccc2c(c1)-c1nc-2nc2[nH]c(nc3nc(nc4[nH]c(n1)c1ccccc41)-c1ccccc1-3)c1ccccc21.c1ccc2c(c1)-c1nc-2nc2[nH]c(nc3nc(nc4[nH]c(n1)c1ccccc41)-c1ccccc1-3)c1ccccc21. The molecule has 16 bridgehead atoms. The average Bonchev–Trinajstić information content (AvgIpc) is 4.59. The third-order valence-electron chi connectivity index (χ3n) is 14.9. The first-order chi connectivity index (χ1) is 39.6. The molecule has 0 aliphatic carbocycles. The molecule has 16 nitrogen and oxygen atoms in total. The van der Waals surface area contributed by atoms with E-state index in [0.29, 0.717) is 91.8 Å². The fourth-order valence-corrected chi connectivity index (χ4v) is 11.2. The molecule has 0 atom stereocenters. The summed E-state index contributed by atoms with van der Waals surface area (Å²) < 4.78 is 0. The van der Waals surface area contributed by atoms with Gasteiger partial charge in [-0.2, -0.15) is 0 Å². The van der Waals surface area contributed by atoms with Crippen LogP contribution in [-0.4, -0.2) is 79.7 Å². The molecule has 4 aliphatic heterocycles. The number of rotatable bonds is 0. The van der Waals surface area contributed by atoms with Crippen molar-refractivity contribution in [2.75, 3.05) is 0 Å². The lowest BCUT2D eigenvalue weighted by Gasteiger charge is -1.96. The Kier molecular flexibility index (Phi) is 11.6. The fourth-order valence-electron chi connectivity index (χ4n) is 11.2. The van der Waals surface area contributed by atoms with Gasteiger partial charge >= 0.3 is 0 Å². The van der Waals surface area contributed by atoms with Gasteiger partial charge in [0.2, 0.25) is 0 Å². The summed E-state index contributed by atoms with van der Waals surface area (Å²) in [7, 11) is 0. The van der Waals surface area contributed by atoms with Crippen molar-refractivity contribution in [3.63, 3.8) is 0 Å². The molecule has 388 valence electrons. The number of aromatic nitrogens is 16. The normalized spacial score (nSPS) is 11.7. The number of nitrogens with zero attached hydrogens (tertiary/aromatic N) is 12. The number of hydrogen-bond donors (Lipinski definition) is 4. The third-order valence-corrected chi connectivity index (χ3v) is 14.9. The molecular weight excluding hydrogens is 1250 g/mol. The molecule has 0 fully saturated rings. The largest absolute Gasteiger partial charge is 0.324 e. The van der Waals surface area contributed by atoms with E-state index in [2.05, 4.69) is 19.9 Å². The van der Waals surface area contributed by atoms with Crippen LogP contribution in [0.15, 0.2) is 194 Å². The van der Waals surface area contributed by atoms with Gasteiger partial charge in [-0.05, 0) is 0 Å². The molecule has 0 unspecified atom stereocenters. The van der Waals surface area contributed by atoms with Crippen LogP contribution >= 0.6 is 48.0 Å². The standard InChI is InChI=1S/2C32H18N8.2HI/c2*1-2-10-18-17(9-1)25-33-26(18)38-28-21-13-5-6-14-22(21)30(35-28)40-32-24-16-8-7-15-23(24)31(36-32)39-29-20-12-4-3-11-19(20)27(34-29)37-25;;/h2*1-16H,(H2,33,34,35,36,37,38,39,40);2*1H. The Morgan fingerprint density at radius 2 is 0.280 bits per heavy atom. The molecule has 4 N–H and O–H groups in total. The first-order valence-electron chi connectivity index (χ1n) is 26.0. The van der Waals surface area contributed by atoms with Gasteiger partial charge in [-0.1, -0.05) is 194 Å². The molecule has 14 aromatic rings. The Morgan fingerprint density at radius 3 is 0.415 bits per heavy atom. The minimum Gasteiger partial charge on any atom is -0.324 e. The van der Waals surface area contributed by atoms with Crippen molar-refractivity contribution in [3.8, 4) is 91.1 Å². The molecule has 18 rings (SSSR count). The Balaban J connectivity index is 0.000000137. The summed E-state index contributed by atoms with van der Waals surface area (Å²) in [5, 5.41) is 7.64. The van der Waals surface area contributed by atoms with Gasteiger partial charge in [0, 0.05) is 87.6 Å². The number of H-pyrrole nitrogens is 4. The average molecular weight is 1280 g/mol. The molecule has 18 heteroatoms. The van der Waals surface area contributed by atoms with Gasteiger partial charge in [0.25, 0.3) is 0 Å². The van der Waals surface area contributed by atoms with Crippen LogP contribution in [0.3, 0.4) is 0 Å². The highest BCUT2D eigenvalue weighted by atomic mass is 127. The van der Waals surface area contributed by atoms with E-state index in [1.807, 2.05) is 194 Å². The maximum atomic E-state index is 5.02. The molecule has 6 aromatic heterocycles. The predicted octanol–water partition coefficient (Wildman–Crippen LogP) is 15.0. The van der Waals surface area contributed by atoms with Gasteiger partial charge < -0.3 is 19.9 Å². The second kappa shape index (κ2) is 19.3. The van der Waals surface area contributed by atoms with Gasteiger partial charge in [-0.3, -0.25) is 0 Å². The summed E-state index contributed by atoms with van der Waals surface area (Å²) in [5.41, 5.74) is 12.9. The van der Waals surface area contributed by atoms with Gasteiger partial charge in [0.1, 0.15) is 45.2 Å². The lowest BCUT2D eigenvalue weighted by atomic mass is 10.1. The van der Waals surface area contributed by atoms with Crippen LogP contribution in [0.25, 0.3) is 179 Å². The third kappa shape index (κ3) is 7.84. The van der Waals surface area contributed by atoms with E-state index < -0.39 is 0 Å². The topological polar surface area (TPSA) is 218 Å². The van der Waals surface area contributed by atoms with Crippen molar-refractivity contribution in [2.45, 2.75) is 0 Å². The predicted molar refractivity (Wildman–Crippen MR) is 343 cm³/mol. The maximum absolute atomic E-state index is 5.02. The summed E-state index contributed by atoms with van der Waals surface area (Å²) in [5.74, 6) is 4.78. The molecule has 0 saturated carbocycles. The molecule has 0 radical (unpaired) electrons. The lowest BCUT2D eigenvalue weighted by molar-refractivity contribution is 1.19. The molecule has 4 aliphatic rings. The number of hydrogen-bond acceptors (Lipinski definition) is 12. The van der Waals surface area contributed by atoms with E-state index in [0.717, 1.165) is 87.6 Å². The Labute approximate surface area is 497 Å². The summed E-state index contributed by atoms with van der Waals surface area (Å²) in [6, 6.07) is 64.5. The monoisotopic (exact) mass is 1280 g/mol. The van der Waals surface area contributed by atoms with E-state index in [1.54, 1.807) is 0 Å². The van der Waals surface area contributed by atoms with E-state index in [9.17, 15) is 0 Å². The van der Waals surface area contributed by atoms with Crippen LogP contribution in [0.4, 0.5) is 0 Å². The highest BCUT2D eigenvalue weighted by Gasteiger charge is 2.24. The minimum atomic E-state index is 0. The summed E-state index contributed by atoms with van der Waals surface area (Å²) in [4.78, 5) is 73.5. The second-order valence-electron chi connectivity index (χ2n) is 19.6. The van der Waals surface area contributed by atoms with Crippen LogP contribution < -0.4 is 0 Å². The fraction of sp³-hybridized carbons (Fsp3) is 0. The van der Waals surface area contributed by atoms with Crippen molar-refractivity contribution in [1.82, 2.24) is 79.7 Å². The van der Waals surface area contributed by atoms with Crippen molar-refractivity contribution in [3.05, 3.63) is 194 Å². The number of aromatic amines is 4. The smallest absolute Gasteiger partial charge is 0.164 e. The first kappa shape index (κ1) is 49.0. The Hall–Kier alpha value is -10.1. The molecule has 10 heterocycles. The number of fused-ring (bicyclic) bond motifs is 40. The highest BCUT2D eigenvalue weighted by molar-refractivity contribution is 14.0. The van der Waals surface area contributed by atoms with Crippen LogP contribution in [0.2, 0.25) is 0 Å². The summed E-state index contributed by atoms with van der Waals surface area (Å²) in [6.07, 6.45) is 0. The minimum absolute atomic E-state index is 0. The van der Waals surface area contributed by atoms with Crippen LogP contribution in [0, 0.1) is 0 Å². The molecule has 0 saturated heterocycles. The highest BCUT2D eigenvalue weighted by Crippen LogP contribution is 2.39. The van der Waals surface area contributed by atoms with Crippen molar-refractivity contribution < 1.29 is 0 Å². The zero-order chi connectivity index (χ0) is 52.4. The van der Waals surface area contributed by atoms with Gasteiger partial charge in [-0.15, -0.1) is 48.0 Å². The van der Waals surface area contributed by atoms with E-state index in [1.165, 1.54) is 0 Å². The molecule has 82 heavy (non-hydrogen) atoms. The van der Waals surface area contributed by atoms with Crippen molar-refractivity contribution in [2.24, 2.45) is 0 Å². The zero-order valence-corrected chi connectivity index (χ0v) is 47.3. The number of nitrogens with one attached hydrogen (secondary N) is 4. The van der Waals surface area contributed by atoms with Crippen LogP contribution in [-0.2, 0) is 0 Å². The van der Waals surface area contributed by atoms with E-state index >= 15 is 0 Å². The summed E-state index contributed by atoms with van der Waals surface area (Å²) in [6.45, 7) is 0. The summed E-state index contributed by atoms with van der Waals surface area (Å²) >= 11 is 0. The van der Waals surface area contributed by atoms with Gasteiger partial charge in [0.15, 0.2) is 46.6 Å². The molecule has 8 aromatic carbocycles. The number of halogens is 2. The van der Waals surface area contributed by atoms with E-state index in [-0.39, 0.29) is 48.0 Å². The van der Waals surface area contributed by atoms with E-state index in [4.69, 9.17) is 59.8 Å². The van der Waals surface area contributed by atoms with Gasteiger partial charge in [0.05, 0.1) is 0 Å². The lowest BCUT2D eigenvalue weighted by Crippen LogP contribution is -1.83. The quantitative estimate of drug-likeness (QED) is 0.104. The number of benzene rings is 8. The van der Waals surface area contributed by atoms with Crippen molar-refractivity contribution in [1.29, 1.82) is 0 Å². The molecule has 0 amide bonds. The molecular formula is C64H38I2N16. The van der Waals surface area contributed by atoms with Crippen LogP contribution in [0.1, 0.15) is 0 Å². The Bertz CT molecular complexity index is 4400. The first-order valence-corrected chi connectivity index (χ1v) is 26.0. The van der Waals surface area contributed by atoms with Crippen molar-refractivity contribution >= 4 is 136 Å².